The molecule has 0 spiro atoms. The summed E-state index contributed by atoms with van der Waals surface area (Å²) < 4.78 is 23.7. The zero-order valence-electron chi connectivity index (χ0n) is 10.5. The smallest absolute Gasteiger partial charge is 0.334 e. The SMILES string of the molecule is O=C(CCS(=O)(=O)c1ccccc1)NC[C@H](O)C(=O)O. The minimum absolute atomic E-state index is 0.123. The number of carbonyl (C=O) groups excluding carboxylic acids is 1. The van der Waals surface area contributed by atoms with Gasteiger partial charge in [0, 0.05) is 6.42 Å². The van der Waals surface area contributed by atoms with E-state index in [0.29, 0.717) is 0 Å². The van der Waals surface area contributed by atoms with Crippen LogP contribution in [-0.4, -0.2) is 48.9 Å². The van der Waals surface area contributed by atoms with Crippen molar-refractivity contribution in [2.75, 3.05) is 12.3 Å². The predicted octanol–water partition coefficient (Wildman–Crippen LogP) is -0.588. The Balaban J connectivity index is 2.47. The minimum Gasteiger partial charge on any atom is -0.479 e. The largest absolute Gasteiger partial charge is 0.479 e. The molecule has 3 N–H and O–H groups in total. The highest BCUT2D eigenvalue weighted by molar-refractivity contribution is 7.91. The number of aliphatic carboxylic acids is 1. The Bertz CT molecular complexity index is 569. The number of carbonyl (C=O) groups is 2. The van der Waals surface area contributed by atoms with Crippen LogP contribution in [0.1, 0.15) is 6.42 Å². The Morgan fingerprint density at radius 1 is 1.20 bits per heavy atom. The van der Waals surface area contributed by atoms with Crippen molar-refractivity contribution in [3.63, 3.8) is 0 Å². The zero-order valence-corrected chi connectivity index (χ0v) is 11.3. The average Bonchev–Trinajstić information content (AvgIpc) is 2.43. The van der Waals surface area contributed by atoms with E-state index < -0.39 is 34.4 Å². The van der Waals surface area contributed by atoms with Gasteiger partial charge in [-0.1, -0.05) is 18.2 Å². The van der Waals surface area contributed by atoms with Gasteiger partial charge in [-0.05, 0) is 12.1 Å². The van der Waals surface area contributed by atoms with Gasteiger partial charge >= 0.3 is 5.97 Å². The molecule has 20 heavy (non-hydrogen) atoms. The van der Waals surface area contributed by atoms with Crippen molar-refractivity contribution >= 4 is 21.7 Å². The molecule has 0 unspecified atom stereocenters. The molecule has 1 rings (SSSR count). The van der Waals surface area contributed by atoms with Gasteiger partial charge in [0.2, 0.25) is 5.91 Å². The molecule has 0 radical (unpaired) electrons. The third-order valence-corrected chi connectivity index (χ3v) is 4.21. The van der Waals surface area contributed by atoms with Crippen molar-refractivity contribution in [3.05, 3.63) is 30.3 Å². The summed E-state index contributed by atoms with van der Waals surface area (Å²) in [5.74, 6) is -2.47. The van der Waals surface area contributed by atoms with Crippen LogP contribution in [0, 0.1) is 0 Å². The number of carboxylic acids is 1. The first kappa shape index (κ1) is 16.1. The lowest BCUT2D eigenvalue weighted by Gasteiger charge is -2.08. The van der Waals surface area contributed by atoms with E-state index in [1.807, 2.05) is 0 Å². The molecule has 0 aliphatic carbocycles. The Hall–Kier alpha value is -1.93. The van der Waals surface area contributed by atoms with E-state index in [-0.39, 0.29) is 17.1 Å². The minimum atomic E-state index is -3.55. The van der Waals surface area contributed by atoms with Crippen LogP contribution in [-0.2, 0) is 19.4 Å². The summed E-state index contributed by atoms with van der Waals surface area (Å²) in [6.45, 7) is -0.459. The lowest BCUT2D eigenvalue weighted by Crippen LogP contribution is -2.37. The molecular formula is C12H15NO6S. The number of benzene rings is 1. The molecule has 0 saturated carbocycles. The molecule has 1 aromatic rings. The average molecular weight is 301 g/mol. The third kappa shape index (κ3) is 4.98. The van der Waals surface area contributed by atoms with E-state index in [0.717, 1.165) is 0 Å². The molecule has 110 valence electrons. The topological polar surface area (TPSA) is 121 Å². The van der Waals surface area contributed by atoms with Crippen molar-refractivity contribution in [2.45, 2.75) is 17.4 Å². The predicted molar refractivity (Wildman–Crippen MR) is 69.8 cm³/mol. The molecule has 7 nitrogen and oxygen atoms in total. The first-order valence-electron chi connectivity index (χ1n) is 5.78. The van der Waals surface area contributed by atoms with Crippen LogP contribution in [0.2, 0.25) is 0 Å². The highest BCUT2D eigenvalue weighted by Gasteiger charge is 2.18. The Morgan fingerprint density at radius 3 is 2.35 bits per heavy atom. The molecule has 0 aliphatic heterocycles. The van der Waals surface area contributed by atoms with E-state index in [9.17, 15) is 18.0 Å². The number of sulfone groups is 1. The molecule has 8 heteroatoms. The Labute approximate surface area is 116 Å². The van der Waals surface area contributed by atoms with Crippen LogP contribution >= 0.6 is 0 Å². The van der Waals surface area contributed by atoms with E-state index >= 15 is 0 Å². The molecule has 0 bridgehead atoms. The first-order chi connectivity index (χ1) is 9.33. The number of carboxylic acid groups (broad SMARTS) is 1. The summed E-state index contributed by atoms with van der Waals surface area (Å²) in [5.41, 5.74) is 0. The molecule has 1 atom stereocenters. The highest BCUT2D eigenvalue weighted by atomic mass is 32.2. The maximum absolute atomic E-state index is 11.9. The molecular weight excluding hydrogens is 286 g/mol. The fourth-order valence-corrected chi connectivity index (χ4v) is 2.62. The summed E-state index contributed by atoms with van der Waals surface area (Å²) in [4.78, 5) is 21.8. The summed E-state index contributed by atoms with van der Waals surface area (Å²) in [5, 5.41) is 19.5. The molecule has 0 heterocycles. The molecule has 0 aliphatic rings. The lowest BCUT2D eigenvalue weighted by atomic mass is 10.3. The third-order valence-electron chi connectivity index (χ3n) is 2.48. The van der Waals surface area contributed by atoms with Crippen LogP contribution in [0.15, 0.2) is 35.2 Å². The van der Waals surface area contributed by atoms with Gasteiger partial charge in [-0.15, -0.1) is 0 Å². The maximum atomic E-state index is 11.9. The van der Waals surface area contributed by atoms with Crippen molar-refractivity contribution in [1.82, 2.24) is 5.32 Å². The number of aliphatic hydroxyl groups excluding tert-OH is 1. The molecule has 1 aromatic carbocycles. The number of aliphatic hydroxyl groups is 1. The summed E-state index contributed by atoms with van der Waals surface area (Å²) in [6, 6.07) is 7.70. The Morgan fingerprint density at radius 2 is 1.80 bits per heavy atom. The standard InChI is InChI=1S/C12H15NO6S/c14-10(12(16)17)8-13-11(15)6-7-20(18,19)9-4-2-1-3-5-9/h1-5,10,14H,6-8H2,(H,13,15)(H,16,17)/t10-/m0/s1. The number of hydrogen-bond acceptors (Lipinski definition) is 5. The normalized spacial score (nSPS) is 12.7. The van der Waals surface area contributed by atoms with E-state index in [1.54, 1.807) is 18.2 Å². The fraction of sp³-hybridized carbons (Fsp3) is 0.333. The Kier molecular flexibility index (Phi) is 5.66. The zero-order chi connectivity index (χ0) is 15.2. The van der Waals surface area contributed by atoms with E-state index in [2.05, 4.69) is 5.32 Å². The molecule has 0 aromatic heterocycles. The summed E-state index contributed by atoms with van der Waals surface area (Å²) in [6.07, 6.45) is -2.01. The monoisotopic (exact) mass is 301 g/mol. The first-order valence-corrected chi connectivity index (χ1v) is 7.43. The second-order valence-electron chi connectivity index (χ2n) is 4.04. The number of rotatable bonds is 7. The maximum Gasteiger partial charge on any atom is 0.334 e. The van der Waals surface area contributed by atoms with Gasteiger partial charge in [0.25, 0.3) is 0 Å². The number of hydrogen-bond donors (Lipinski definition) is 3. The van der Waals surface area contributed by atoms with Crippen LogP contribution in [0.3, 0.4) is 0 Å². The highest BCUT2D eigenvalue weighted by Crippen LogP contribution is 2.10. The molecule has 1 amide bonds. The van der Waals surface area contributed by atoms with Gasteiger partial charge in [0.1, 0.15) is 0 Å². The molecule has 0 saturated heterocycles. The van der Waals surface area contributed by atoms with Gasteiger partial charge < -0.3 is 15.5 Å². The van der Waals surface area contributed by atoms with E-state index in [4.69, 9.17) is 10.2 Å². The van der Waals surface area contributed by atoms with Crippen LogP contribution in [0.5, 0.6) is 0 Å². The second kappa shape index (κ2) is 7.01. The molecule has 0 fully saturated rings. The van der Waals surface area contributed by atoms with Gasteiger partial charge in [0.15, 0.2) is 15.9 Å². The van der Waals surface area contributed by atoms with E-state index in [1.165, 1.54) is 12.1 Å². The van der Waals surface area contributed by atoms with Gasteiger partial charge in [-0.25, -0.2) is 13.2 Å². The summed E-state index contributed by atoms with van der Waals surface area (Å²) >= 11 is 0. The summed E-state index contributed by atoms with van der Waals surface area (Å²) in [7, 11) is -3.55. The van der Waals surface area contributed by atoms with Crippen LogP contribution in [0.4, 0.5) is 0 Å². The van der Waals surface area contributed by atoms with Crippen LogP contribution < -0.4 is 5.32 Å². The van der Waals surface area contributed by atoms with Gasteiger partial charge in [-0.2, -0.15) is 0 Å². The fourth-order valence-electron chi connectivity index (χ4n) is 1.36. The number of amides is 1. The van der Waals surface area contributed by atoms with Gasteiger partial charge in [0.05, 0.1) is 17.2 Å². The van der Waals surface area contributed by atoms with Crippen molar-refractivity contribution in [3.8, 4) is 0 Å². The van der Waals surface area contributed by atoms with Crippen LogP contribution in [0.25, 0.3) is 0 Å². The second-order valence-corrected chi connectivity index (χ2v) is 6.15. The van der Waals surface area contributed by atoms with Crippen molar-refractivity contribution in [1.29, 1.82) is 0 Å². The van der Waals surface area contributed by atoms with Crippen molar-refractivity contribution in [2.24, 2.45) is 0 Å². The number of nitrogens with one attached hydrogen (secondary N) is 1. The van der Waals surface area contributed by atoms with Crippen molar-refractivity contribution < 1.29 is 28.2 Å². The van der Waals surface area contributed by atoms with Gasteiger partial charge in [-0.3, -0.25) is 4.79 Å². The lowest BCUT2D eigenvalue weighted by molar-refractivity contribution is -0.146. The quantitative estimate of drug-likeness (QED) is 0.619.